The first-order valence-corrected chi connectivity index (χ1v) is 6.44. The monoisotopic (exact) mass is 273 g/mol. The molecule has 0 heterocycles. The number of benzene rings is 1. The second-order valence-electron chi connectivity index (χ2n) is 4.62. The summed E-state index contributed by atoms with van der Waals surface area (Å²) in [7, 11) is 0. The van der Waals surface area contributed by atoms with E-state index < -0.39 is 6.61 Å². The van der Waals surface area contributed by atoms with Crippen LogP contribution < -0.4 is 10.1 Å². The van der Waals surface area contributed by atoms with E-state index in [2.05, 4.69) is 23.9 Å². The molecule has 0 amide bonds. The Bertz CT molecular complexity index is 342. The fourth-order valence-electron chi connectivity index (χ4n) is 1.44. The maximum absolute atomic E-state index is 11.9. The third kappa shape index (κ3) is 7.62. The van der Waals surface area contributed by atoms with E-state index in [1.165, 1.54) is 12.1 Å². The fourth-order valence-corrected chi connectivity index (χ4v) is 1.44. The van der Waals surface area contributed by atoms with E-state index in [1.807, 2.05) is 0 Å². The molecule has 108 valence electrons. The molecule has 0 aliphatic rings. The molecule has 0 bridgehead atoms. The molecule has 1 aromatic carbocycles. The molecule has 0 aromatic heterocycles. The van der Waals surface area contributed by atoms with Crippen LogP contribution in [0.5, 0.6) is 5.75 Å². The highest BCUT2D eigenvalue weighted by atomic mass is 19.3. The number of hydrogen-bond acceptors (Lipinski definition) is 3. The minimum atomic E-state index is -2.78. The van der Waals surface area contributed by atoms with Gasteiger partial charge in [-0.15, -0.1) is 0 Å². The lowest BCUT2D eigenvalue weighted by atomic mass is 10.1. The second-order valence-corrected chi connectivity index (χ2v) is 4.62. The first-order valence-electron chi connectivity index (χ1n) is 6.44. The Morgan fingerprint density at radius 3 is 2.37 bits per heavy atom. The minimum Gasteiger partial charge on any atom is -0.435 e. The van der Waals surface area contributed by atoms with Crippen molar-refractivity contribution in [3.63, 3.8) is 0 Å². The van der Waals surface area contributed by atoms with Gasteiger partial charge in [0.2, 0.25) is 0 Å². The summed E-state index contributed by atoms with van der Waals surface area (Å²) < 4.78 is 33.6. The van der Waals surface area contributed by atoms with Crippen LogP contribution in [0.15, 0.2) is 24.3 Å². The summed E-state index contributed by atoms with van der Waals surface area (Å²) in [5.41, 5.74) is 0.856. The molecule has 19 heavy (non-hydrogen) atoms. The Morgan fingerprint density at radius 1 is 1.11 bits per heavy atom. The Kier molecular flexibility index (Phi) is 7.18. The van der Waals surface area contributed by atoms with Gasteiger partial charge in [0.1, 0.15) is 5.75 Å². The van der Waals surface area contributed by atoms with Gasteiger partial charge in [0.25, 0.3) is 0 Å². The number of alkyl halides is 2. The molecule has 0 fully saturated rings. The smallest absolute Gasteiger partial charge is 0.387 e. The third-order valence-corrected chi connectivity index (χ3v) is 2.49. The highest BCUT2D eigenvalue weighted by Gasteiger charge is 2.03. The fraction of sp³-hybridized carbons (Fsp3) is 0.571. The van der Waals surface area contributed by atoms with Crippen LogP contribution in [0.4, 0.5) is 14.5 Å². The molecule has 0 radical (unpaired) electrons. The quantitative estimate of drug-likeness (QED) is 0.695. The van der Waals surface area contributed by atoms with Crippen molar-refractivity contribution in [1.82, 2.24) is 0 Å². The summed E-state index contributed by atoms with van der Waals surface area (Å²) in [4.78, 5) is 0. The lowest BCUT2D eigenvalue weighted by molar-refractivity contribution is -0.0498. The van der Waals surface area contributed by atoms with Gasteiger partial charge in [0.15, 0.2) is 0 Å². The van der Waals surface area contributed by atoms with Crippen LogP contribution in [0.3, 0.4) is 0 Å². The molecule has 0 saturated carbocycles. The van der Waals surface area contributed by atoms with Crippen LogP contribution >= 0.6 is 0 Å². The minimum absolute atomic E-state index is 0.161. The van der Waals surface area contributed by atoms with Crippen LogP contribution in [-0.4, -0.2) is 26.4 Å². The highest BCUT2D eigenvalue weighted by Crippen LogP contribution is 2.17. The number of nitrogens with one attached hydrogen (secondary N) is 1. The van der Waals surface area contributed by atoms with E-state index in [0.29, 0.717) is 19.1 Å². The van der Waals surface area contributed by atoms with Gasteiger partial charge in [-0.3, -0.25) is 0 Å². The summed E-state index contributed by atoms with van der Waals surface area (Å²) in [5.74, 6) is 0.809. The molecule has 0 aliphatic heterocycles. The van der Waals surface area contributed by atoms with Crippen LogP contribution in [0.2, 0.25) is 0 Å². The van der Waals surface area contributed by atoms with Gasteiger partial charge in [-0.05, 0) is 36.6 Å². The summed E-state index contributed by atoms with van der Waals surface area (Å²) in [6, 6.07) is 6.42. The van der Waals surface area contributed by atoms with Crippen molar-refractivity contribution >= 4 is 5.69 Å². The number of anilines is 1. The molecular weight excluding hydrogens is 252 g/mol. The van der Waals surface area contributed by atoms with Crippen LogP contribution in [0.1, 0.15) is 20.3 Å². The van der Waals surface area contributed by atoms with Crippen molar-refractivity contribution in [2.75, 3.05) is 25.1 Å². The summed E-state index contributed by atoms with van der Waals surface area (Å²) in [6.07, 6.45) is 1.06. The Balaban J connectivity index is 2.16. The van der Waals surface area contributed by atoms with E-state index >= 15 is 0 Å². The Morgan fingerprint density at radius 2 is 1.79 bits per heavy atom. The lowest BCUT2D eigenvalue weighted by Gasteiger charge is -2.09. The third-order valence-electron chi connectivity index (χ3n) is 2.49. The normalized spacial score (nSPS) is 11.1. The van der Waals surface area contributed by atoms with E-state index in [9.17, 15) is 8.78 Å². The van der Waals surface area contributed by atoms with Crippen molar-refractivity contribution < 1.29 is 18.3 Å². The average Bonchev–Trinajstić information content (AvgIpc) is 2.34. The Labute approximate surface area is 112 Å². The van der Waals surface area contributed by atoms with Crippen LogP contribution in [0, 0.1) is 5.92 Å². The van der Waals surface area contributed by atoms with Gasteiger partial charge in [-0.1, -0.05) is 13.8 Å². The van der Waals surface area contributed by atoms with Crippen LogP contribution in [0.25, 0.3) is 0 Å². The zero-order chi connectivity index (χ0) is 14.1. The molecule has 0 aliphatic carbocycles. The second kappa shape index (κ2) is 8.69. The summed E-state index contributed by atoms with van der Waals surface area (Å²) >= 11 is 0. The maximum atomic E-state index is 11.9. The topological polar surface area (TPSA) is 30.5 Å². The summed E-state index contributed by atoms with van der Waals surface area (Å²) in [6.45, 7) is 3.61. The SMILES string of the molecule is CC(C)CCOCCNc1ccc(OC(F)F)cc1. The maximum Gasteiger partial charge on any atom is 0.387 e. The molecule has 1 N–H and O–H groups in total. The molecule has 0 atom stereocenters. The molecule has 0 unspecified atom stereocenters. The molecule has 3 nitrogen and oxygen atoms in total. The van der Waals surface area contributed by atoms with E-state index in [1.54, 1.807) is 12.1 Å². The predicted octanol–water partition coefficient (Wildman–Crippen LogP) is 3.76. The molecule has 1 aromatic rings. The van der Waals surface area contributed by atoms with Gasteiger partial charge >= 0.3 is 6.61 Å². The standard InChI is InChI=1S/C14H21F2NO2/c1-11(2)7-9-18-10-8-17-12-3-5-13(6-4-12)19-14(15)16/h3-6,11,14,17H,7-10H2,1-2H3. The molecular formula is C14H21F2NO2. The van der Waals surface area contributed by atoms with E-state index in [-0.39, 0.29) is 5.75 Å². The molecule has 1 rings (SSSR count). The van der Waals surface area contributed by atoms with E-state index in [0.717, 1.165) is 18.7 Å². The first-order chi connectivity index (χ1) is 9.08. The largest absolute Gasteiger partial charge is 0.435 e. The van der Waals surface area contributed by atoms with Crippen molar-refractivity contribution in [3.05, 3.63) is 24.3 Å². The van der Waals surface area contributed by atoms with Gasteiger partial charge in [0.05, 0.1) is 6.61 Å². The molecule has 5 heteroatoms. The molecule has 0 spiro atoms. The number of rotatable bonds is 9. The number of halogens is 2. The van der Waals surface area contributed by atoms with Gasteiger partial charge in [-0.2, -0.15) is 8.78 Å². The van der Waals surface area contributed by atoms with E-state index in [4.69, 9.17) is 4.74 Å². The van der Waals surface area contributed by atoms with Crippen LogP contribution in [-0.2, 0) is 4.74 Å². The number of ether oxygens (including phenoxy) is 2. The Hall–Kier alpha value is -1.36. The lowest BCUT2D eigenvalue weighted by Crippen LogP contribution is -2.10. The first kappa shape index (κ1) is 15.7. The average molecular weight is 273 g/mol. The summed E-state index contributed by atoms with van der Waals surface area (Å²) in [5, 5.41) is 3.15. The van der Waals surface area contributed by atoms with Crippen molar-refractivity contribution in [1.29, 1.82) is 0 Å². The number of hydrogen-bond donors (Lipinski definition) is 1. The van der Waals surface area contributed by atoms with Gasteiger partial charge < -0.3 is 14.8 Å². The highest BCUT2D eigenvalue weighted by molar-refractivity contribution is 5.46. The van der Waals surface area contributed by atoms with Gasteiger partial charge in [-0.25, -0.2) is 0 Å². The van der Waals surface area contributed by atoms with Crippen molar-refractivity contribution in [3.8, 4) is 5.75 Å². The zero-order valence-electron chi connectivity index (χ0n) is 11.4. The van der Waals surface area contributed by atoms with Crippen molar-refractivity contribution in [2.24, 2.45) is 5.92 Å². The zero-order valence-corrected chi connectivity index (χ0v) is 11.4. The van der Waals surface area contributed by atoms with Gasteiger partial charge in [0, 0.05) is 18.8 Å². The predicted molar refractivity (Wildman–Crippen MR) is 71.8 cm³/mol. The van der Waals surface area contributed by atoms with Crippen molar-refractivity contribution in [2.45, 2.75) is 26.9 Å². The molecule has 0 saturated heterocycles.